The maximum absolute atomic E-state index is 12.4. The third-order valence-corrected chi connectivity index (χ3v) is 2.16. The molecule has 1 rings (SSSR count). The number of ether oxygens (including phenoxy) is 3. The van der Waals surface area contributed by atoms with Gasteiger partial charge in [0.25, 0.3) is 0 Å². The third kappa shape index (κ3) is 4.47. The number of rotatable bonds is 5. The molecule has 0 bridgehead atoms. The van der Waals surface area contributed by atoms with E-state index in [1.807, 2.05) is 0 Å². The highest BCUT2D eigenvalue weighted by Gasteiger charge is 2.35. The monoisotopic (exact) mass is 325 g/mol. The minimum absolute atomic E-state index is 0.103. The summed E-state index contributed by atoms with van der Waals surface area (Å²) in [4.78, 5) is 11.6. The molecule has 120 valence electrons. The average Bonchev–Trinajstić information content (AvgIpc) is 2.38. The zero-order chi connectivity index (χ0) is 16.9. The quantitative estimate of drug-likeness (QED) is 0.614. The molecule has 0 atom stereocenters. The van der Waals surface area contributed by atoms with Crippen molar-refractivity contribution in [2.24, 2.45) is 0 Å². The zero-order valence-corrected chi connectivity index (χ0v) is 10.9. The number of carbonyl (C=O) groups excluding carboxylic acids is 1. The van der Waals surface area contributed by atoms with Gasteiger partial charge in [0.05, 0.1) is 12.2 Å². The first kappa shape index (κ1) is 17.5. The van der Waals surface area contributed by atoms with Crippen LogP contribution in [0.15, 0.2) is 12.1 Å². The molecule has 0 unspecified atom stereocenters. The van der Waals surface area contributed by atoms with Crippen LogP contribution >= 0.6 is 0 Å². The fourth-order valence-corrected chi connectivity index (χ4v) is 1.46. The highest BCUT2D eigenvalue weighted by atomic mass is 19.4. The average molecular weight is 325 g/mol. The van der Waals surface area contributed by atoms with E-state index >= 15 is 0 Å². The van der Waals surface area contributed by atoms with Gasteiger partial charge in [-0.15, -0.1) is 13.2 Å². The molecule has 0 amide bonds. The molecule has 1 aromatic rings. The summed E-state index contributed by atoms with van der Waals surface area (Å²) in [6, 6.07) is 2.77. The molecular formula is C12H8F5NO4. The van der Waals surface area contributed by atoms with Gasteiger partial charge in [0.2, 0.25) is 0 Å². The largest absolute Gasteiger partial charge is 0.573 e. The normalized spacial score (nSPS) is 11.0. The van der Waals surface area contributed by atoms with Crippen molar-refractivity contribution in [2.45, 2.75) is 19.9 Å². The van der Waals surface area contributed by atoms with Crippen molar-refractivity contribution < 1.29 is 41.0 Å². The Morgan fingerprint density at radius 2 is 2.00 bits per heavy atom. The Balaban J connectivity index is 3.45. The molecule has 1 aromatic carbocycles. The van der Waals surface area contributed by atoms with E-state index in [2.05, 4.69) is 14.2 Å². The molecule has 0 radical (unpaired) electrons. The Morgan fingerprint density at radius 1 is 1.36 bits per heavy atom. The van der Waals surface area contributed by atoms with Crippen molar-refractivity contribution in [1.82, 2.24) is 0 Å². The minimum atomic E-state index is -5.28. The van der Waals surface area contributed by atoms with Gasteiger partial charge in [-0.3, -0.25) is 0 Å². The first-order valence-electron chi connectivity index (χ1n) is 5.64. The molecule has 22 heavy (non-hydrogen) atoms. The summed E-state index contributed by atoms with van der Waals surface area (Å²) in [5, 5.41) is 8.92. The summed E-state index contributed by atoms with van der Waals surface area (Å²) >= 11 is 0. The molecule has 0 heterocycles. The lowest BCUT2D eigenvalue weighted by Crippen LogP contribution is -2.20. The van der Waals surface area contributed by atoms with Crippen molar-refractivity contribution in [3.05, 3.63) is 23.3 Å². The molecule has 0 spiro atoms. The van der Waals surface area contributed by atoms with Gasteiger partial charge >= 0.3 is 18.9 Å². The second-order valence-electron chi connectivity index (χ2n) is 3.57. The molecule has 10 heteroatoms. The summed E-state index contributed by atoms with van der Waals surface area (Å²) in [6.07, 6.45) is -5.28. The van der Waals surface area contributed by atoms with Crippen molar-refractivity contribution in [1.29, 1.82) is 5.26 Å². The lowest BCUT2D eigenvalue weighted by atomic mass is 10.1. The molecule has 5 nitrogen and oxygen atoms in total. The number of esters is 1. The van der Waals surface area contributed by atoms with Gasteiger partial charge in [-0.2, -0.15) is 14.0 Å². The SMILES string of the molecule is CCOC(=O)c1ccc(OC(F)F)c(OC(F)(F)F)c1C#N. The van der Waals surface area contributed by atoms with E-state index in [1.165, 1.54) is 13.0 Å². The van der Waals surface area contributed by atoms with E-state index in [9.17, 15) is 26.7 Å². The Bertz CT molecular complexity index is 594. The number of nitrogens with zero attached hydrogens (tertiary/aromatic N) is 1. The second-order valence-corrected chi connectivity index (χ2v) is 3.57. The molecule has 0 aromatic heterocycles. The number of hydrogen-bond acceptors (Lipinski definition) is 5. The topological polar surface area (TPSA) is 68.6 Å². The lowest BCUT2D eigenvalue weighted by Gasteiger charge is -2.16. The van der Waals surface area contributed by atoms with E-state index in [-0.39, 0.29) is 6.61 Å². The van der Waals surface area contributed by atoms with Crippen LogP contribution in [0.5, 0.6) is 11.5 Å². The number of carbonyl (C=O) groups is 1. The fraction of sp³-hybridized carbons (Fsp3) is 0.333. The predicted octanol–water partition coefficient (Wildman–Crippen LogP) is 3.23. The third-order valence-electron chi connectivity index (χ3n) is 2.16. The Kier molecular flexibility index (Phi) is 5.50. The van der Waals surface area contributed by atoms with E-state index in [0.29, 0.717) is 6.07 Å². The van der Waals surface area contributed by atoms with E-state index in [1.54, 1.807) is 0 Å². The van der Waals surface area contributed by atoms with E-state index in [0.717, 1.165) is 6.07 Å². The molecule has 0 N–H and O–H groups in total. The highest BCUT2D eigenvalue weighted by molar-refractivity contribution is 5.93. The summed E-state index contributed by atoms with van der Waals surface area (Å²) in [6.45, 7) is -2.12. The van der Waals surface area contributed by atoms with Gasteiger partial charge in [0.1, 0.15) is 11.6 Å². The summed E-state index contributed by atoms with van der Waals surface area (Å²) in [5.74, 6) is -3.47. The molecule has 0 fully saturated rings. The van der Waals surface area contributed by atoms with Crippen molar-refractivity contribution in [3.8, 4) is 17.6 Å². The van der Waals surface area contributed by atoms with Gasteiger partial charge in [0, 0.05) is 0 Å². The molecule has 0 saturated carbocycles. The van der Waals surface area contributed by atoms with E-state index in [4.69, 9.17) is 5.26 Å². The minimum Gasteiger partial charge on any atom is -0.462 e. The van der Waals surface area contributed by atoms with Crippen LogP contribution in [0.4, 0.5) is 22.0 Å². The van der Waals surface area contributed by atoms with Crippen molar-refractivity contribution in [2.75, 3.05) is 6.61 Å². The zero-order valence-electron chi connectivity index (χ0n) is 10.9. The number of hydrogen-bond donors (Lipinski definition) is 0. The summed E-state index contributed by atoms with van der Waals surface area (Å²) < 4.78 is 73.5. The summed E-state index contributed by atoms with van der Waals surface area (Å²) in [5.41, 5.74) is -1.49. The molecule has 0 saturated heterocycles. The van der Waals surface area contributed by atoms with E-state index < -0.39 is 41.6 Å². The number of halogens is 5. The summed E-state index contributed by atoms with van der Waals surface area (Å²) in [7, 11) is 0. The van der Waals surface area contributed by atoms with Gasteiger partial charge in [-0.1, -0.05) is 0 Å². The Hall–Kier alpha value is -2.57. The first-order valence-corrected chi connectivity index (χ1v) is 5.64. The van der Waals surface area contributed by atoms with Gasteiger partial charge in [0.15, 0.2) is 11.5 Å². The molecule has 0 aliphatic rings. The van der Waals surface area contributed by atoms with Crippen LogP contribution in [0.3, 0.4) is 0 Å². The first-order chi connectivity index (χ1) is 10.2. The highest BCUT2D eigenvalue weighted by Crippen LogP contribution is 2.38. The van der Waals surface area contributed by atoms with Crippen LogP contribution < -0.4 is 9.47 Å². The van der Waals surface area contributed by atoms with Gasteiger partial charge < -0.3 is 14.2 Å². The van der Waals surface area contributed by atoms with Gasteiger partial charge in [-0.25, -0.2) is 4.79 Å². The van der Waals surface area contributed by atoms with Crippen LogP contribution in [0.25, 0.3) is 0 Å². The predicted molar refractivity (Wildman–Crippen MR) is 60.4 cm³/mol. The Labute approximate surface area is 120 Å². The smallest absolute Gasteiger partial charge is 0.462 e. The molecule has 0 aliphatic carbocycles. The van der Waals surface area contributed by atoms with Crippen LogP contribution in [0.1, 0.15) is 22.8 Å². The standard InChI is InChI=1S/C12H8F5NO4/c1-2-20-10(19)6-3-4-8(21-11(13)14)9(7(6)5-18)22-12(15,16)17/h3-4,11H,2H2,1H3. The van der Waals surface area contributed by atoms with Crippen LogP contribution in [0.2, 0.25) is 0 Å². The molecule has 0 aliphatic heterocycles. The number of benzene rings is 1. The van der Waals surface area contributed by atoms with Crippen molar-refractivity contribution >= 4 is 5.97 Å². The lowest BCUT2D eigenvalue weighted by molar-refractivity contribution is -0.275. The van der Waals surface area contributed by atoms with Crippen molar-refractivity contribution in [3.63, 3.8) is 0 Å². The number of nitriles is 1. The second kappa shape index (κ2) is 6.93. The van der Waals surface area contributed by atoms with Crippen LogP contribution in [-0.4, -0.2) is 25.6 Å². The fourth-order valence-electron chi connectivity index (χ4n) is 1.46. The maximum atomic E-state index is 12.4. The maximum Gasteiger partial charge on any atom is 0.573 e. The number of alkyl halides is 5. The molecular weight excluding hydrogens is 317 g/mol. The Morgan fingerprint density at radius 3 is 2.45 bits per heavy atom. The van der Waals surface area contributed by atoms with Crippen LogP contribution in [-0.2, 0) is 4.74 Å². The van der Waals surface area contributed by atoms with Gasteiger partial charge in [-0.05, 0) is 19.1 Å². The van der Waals surface area contributed by atoms with Crippen LogP contribution in [0, 0.1) is 11.3 Å².